The molecule has 1 nitrogen and oxygen atoms in total. The van der Waals surface area contributed by atoms with Crippen LogP contribution in [0.2, 0.25) is 10.0 Å². The van der Waals surface area contributed by atoms with Crippen LogP contribution in [0.3, 0.4) is 0 Å². The molecule has 3 saturated heterocycles. The summed E-state index contributed by atoms with van der Waals surface area (Å²) >= 11 is 13.1. The monoisotopic (exact) mass is 379 g/mol. The first-order valence-electron chi connectivity index (χ1n) is 8.19. The highest BCUT2D eigenvalue weighted by molar-refractivity contribution is 6.34. The molecule has 24 heavy (non-hydrogen) atoms. The highest BCUT2D eigenvalue weighted by Crippen LogP contribution is 2.42. The summed E-state index contributed by atoms with van der Waals surface area (Å²) in [7, 11) is 0. The topological polar surface area (TPSA) is 3.24 Å². The minimum Gasteiger partial charge on any atom is -0.299 e. The van der Waals surface area contributed by atoms with Crippen molar-refractivity contribution in [2.45, 2.75) is 12.8 Å². The molecular weight excluding hydrogens is 361 g/mol. The second kappa shape index (κ2) is 7.49. The van der Waals surface area contributed by atoms with Gasteiger partial charge in [0.05, 0.1) is 0 Å². The summed E-state index contributed by atoms with van der Waals surface area (Å²) in [6, 6.07) is 16.2. The smallest absolute Gasteiger partial charge is 0.0484 e. The number of nitrogens with zero attached hydrogens (tertiary/aromatic N) is 1. The molecule has 2 bridgehead atoms. The van der Waals surface area contributed by atoms with Crippen LogP contribution in [0.1, 0.15) is 24.0 Å². The van der Waals surface area contributed by atoms with Crippen molar-refractivity contribution >= 4 is 41.2 Å². The first-order chi connectivity index (χ1) is 11.2. The highest BCUT2D eigenvalue weighted by Gasteiger charge is 2.32. The maximum atomic E-state index is 6.55. The molecule has 5 rings (SSSR count). The largest absolute Gasteiger partial charge is 0.299 e. The quantitative estimate of drug-likeness (QED) is 0.623. The minimum atomic E-state index is 0. The molecule has 3 aliphatic rings. The second-order valence-electron chi connectivity index (χ2n) is 6.41. The van der Waals surface area contributed by atoms with E-state index in [0.29, 0.717) is 5.92 Å². The number of piperidine rings is 3. The summed E-state index contributed by atoms with van der Waals surface area (Å²) in [5.41, 5.74) is 4.95. The average Bonchev–Trinajstić information content (AvgIpc) is 2.60. The molecule has 0 atom stereocenters. The number of rotatable bonds is 2. The Balaban J connectivity index is 0.00000169. The molecule has 4 heteroatoms. The van der Waals surface area contributed by atoms with E-state index in [4.69, 9.17) is 23.2 Å². The molecule has 0 amide bonds. The lowest BCUT2D eigenvalue weighted by Gasteiger charge is -2.42. The standard InChI is InChI=1S/C20H19Cl2N.ClH/c21-18-7-3-1-5-15(18)20(16-6-2-4-8-19(16)22)17-13-23-11-9-14(17)10-12-23;/h1-8,14H,9-13H2;1H. The summed E-state index contributed by atoms with van der Waals surface area (Å²) in [6.07, 6.45) is 2.49. The number of hydrogen-bond donors (Lipinski definition) is 0. The zero-order valence-electron chi connectivity index (χ0n) is 13.3. The highest BCUT2D eigenvalue weighted by atomic mass is 35.5. The third-order valence-corrected chi connectivity index (χ3v) is 5.74. The maximum absolute atomic E-state index is 6.55. The second-order valence-corrected chi connectivity index (χ2v) is 7.22. The van der Waals surface area contributed by atoms with Crippen molar-refractivity contribution in [3.63, 3.8) is 0 Å². The average molecular weight is 381 g/mol. The Hall–Kier alpha value is -0.990. The van der Waals surface area contributed by atoms with E-state index in [1.165, 1.54) is 37.1 Å². The SMILES string of the molecule is Cl.Clc1ccccc1C(=C1CN2CCC1CC2)c1ccccc1Cl. The fourth-order valence-corrected chi connectivity index (χ4v) is 4.37. The van der Waals surface area contributed by atoms with E-state index in [1.807, 2.05) is 24.3 Å². The Morgan fingerprint density at radius 2 is 1.33 bits per heavy atom. The Morgan fingerprint density at radius 1 is 0.833 bits per heavy atom. The van der Waals surface area contributed by atoms with E-state index in [1.54, 1.807) is 0 Å². The van der Waals surface area contributed by atoms with Gasteiger partial charge in [-0.15, -0.1) is 12.4 Å². The zero-order chi connectivity index (χ0) is 15.8. The van der Waals surface area contributed by atoms with E-state index >= 15 is 0 Å². The number of fused-ring (bicyclic) bond motifs is 3. The molecule has 0 aliphatic carbocycles. The van der Waals surface area contributed by atoms with Gasteiger partial charge in [0.15, 0.2) is 0 Å². The lowest BCUT2D eigenvalue weighted by molar-refractivity contribution is 0.162. The van der Waals surface area contributed by atoms with Crippen LogP contribution in [0.15, 0.2) is 54.1 Å². The van der Waals surface area contributed by atoms with Gasteiger partial charge in [0.1, 0.15) is 0 Å². The first kappa shape index (κ1) is 17.8. The summed E-state index contributed by atoms with van der Waals surface area (Å²) in [5.74, 6) is 0.655. The van der Waals surface area contributed by atoms with E-state index in [-0.39, 0.29) is 12.4 Å². The molecule has 0 N–H and O–H groups in total. The minimum absolute atomic E-state index is 0. The van der Waals surface area contributed by atoms with Gasteiger partial charge in [-0.05, 0) is 55.1 Å². The molecule has 126 valence electrons. The Bertz CT molecular complexity index is 713. The molecule has 0 radical (unpaired) electrons. The molecule has 3 fully saturated rings. The van der Waals surface area contributed by atoms with Crippen molar-refractivity contribution < 1.29 is 0 Å². The summed E-state index contributed by atoms with van der Waals surface area (Å²) in [4.78, 5) is 2.54. The van der Waals surface area contributed by atoms with Gasteiger partial charge in [-0.3, -0.25) is 4.90 Å². The van der Waals surface area contributed by atoms with Gasteiger partial charge in [0, 0.05) is 27.7 Å². The van der Waals surface area contributed by atoms with Crippen LogP contribution in [-0.4, -0.2) is 24.5 Å². The lowest BCUT2D eigenvalue weighted by Crippen LogP contribution is -2.43. The fourth-order valence-electron chi connectivity index (χ4n) is 3.91. The van der Waals surface area contributed by atoms with Crippen LogP contribution >= 0.6 is 35.6 Å². The van der Waals surface area contributed by atoms with Crippen molar-refractivity contribution in [2.24, 2.45) is 5.92 Å². The number of benzene rings is 2. The van der Waals surface area contributed by atoms with Crippen LogP contribution in [0.5, 0.6) is 0 Å². The molecule has 3 heterocycles. The van der Waals surface area contributed by atoms with E-state index in [2.05, 4.69) is 29.2 Å². The Labute approximate surface area is 159 Å². The van der Waals surface area contributed by atoms with Crippen molar-refractivity contribution in [3.8, 4) is 0 Å². The number of halogens is 3. The van der Waals surface area contributed by atoms with Gasteiger partial charge in [-0.25, -0.2) is 0 Å². The first-order valence-corrected chi connectivity index (χ1v) is 8.95. The van der Waals surface area contributed by atoms with Crippen molar-refractivity contribution in [1.29, 1.82) is 0 Å². The van der Waals surface area contributed by atoms with Crippen LogP contribution < -0.4 is 0 Å². The lowest BCUT2D eigenvalue weighted by atomic mass is 9.78. The fraction of sp³-hybridized carbons (Fsp3) is 0.300. The Kier molecular flexibility index (Phi) is 5.56. The van der Waals surface area contributed by atoms with Crippen molar-refractivity contribution in [3.05, 3.63) is 75.3 Å². The third kappa shape index (κ3) is 3.23. The van der Waals surface area contributed by atoms with Crippen LogP contribution in [-0.2, 0) is 0 Å². The zero-order valence-corrected chi connectivity index (χ0v) is 15.7. The normalized spacial score (nSPS) is 22.2. The molecular formula is C20H20Cl3N. The molecule has 0 spiro atoms. The maximum Gasteiger partial charge on any atom is 0.0484 e. The predicted molar refractivity (Wildman–Crippen MR) is 105 cm³/mol. The van der Waals surface area contributed by atoms with E-state index in [9.17, 15) is 0 Å². The van der Waals surface area contributed by atoms with Gasteiger partial charge in [0.25, 0.3) is 0 Å². The number of hydrogen-bond acceptors (Lipinski definition) is 1. The van der Waals surface area contributed by atoms with Crippen molar-refractivity contribution in [1.82, 2.24) is 4.90 Å². The summed E-state index contributed by atoms with van der Waals surface area (Å²) < 4.78 is 0. The van der Waals surface area contributed by atoms with Gasteiger partial charge in [-0.2, -0.15) is 0 Å². The molecule has 2 aromatic rings. The summed E-state index contributed by atoms with van der Waals surface area (Å²) in [5, 5.41) is 1.60. The van der Waals surface area contributed by atoms with Gasteiger partial charge in [-0.1, -0.05) is 59.6 Å². The predicted octanol–water partition coefficient (Wildman–Crippen LogP) is 5.94. The summed E-state index contributed by atoms with van der Waals surface area (Å²) in [6.45, 7) is 3.47. The van der Waals surface area contributed by atoms with Crippen LogP contribution in [0.25, 0.3) is 5.57 Å². The molecule has 3 aliphatic heterocycles. The molecule has 0 saturated carbocycles. The van der Waals surface area contributed by atoms with Crippen LogP contribution in [0.4, 0.5) is 0 Å². The van der Waals surface area contributed by atoms with Crippen LogP contribution in [0, 0.1) is 5.92 Å². The van der Waals surface area contributed by atoms with Gasteiger partial charge < -0.3 is 0 Å². The van der Waals surface area contributed by atoms with E-state index < -0.39 is 0 Å². The third-order valence-electron chi connectivity index (χ3n) is 5.08. The molecule has 0 aromatic heterocycles. The van der Waals surface area contributed by atoms with E-state index in [0.717, 1.165) is 27.7 Å². The van der Waals surface area contributed by atoms with Gasteiger partial charge >= 0.3 is 0 Å². The Morgan fingerprint density at radius 3 is 1.75 bits per heavy atom. The molecule has 2 aromatic carbocycles. The molecule has 0 unspecified atom stereocenters. The van der Waals surface area contributed by atoms with Crippen molar-refractivity contribution in [2.75, 3.05) is 19.6 Å². The van der Waals surface area contributed by atoms with Gasteiger partial charge in [0.2, 0.25) is 0 Å².